The summed E-state index contributed by atoms with van der Waals surface area (Å²) in [5, 5.41) is 2.26. The first-order valence-corrected chi connectivity index (χ1v) is 5.40. The number of cyclic esters (lactones) is 1. The van der Waals surface area contributed by atoms with Gasteiger partial charge >= 0.3 is 5.97 Å². The number of esters is 1. The molecule has 1 unspecified atom stereocenters. The number of carbonyl (C=O) groups is 3. The van der Waals surface area contributed by atoms with Crippen molar-refractivity contribution >= 4 is 17.8 Å². The van der Waals surface area contributed by atoms with E-state index in [1.54, 1.807) is 13.8 Å². The fraction of sp³-hybridized carbons (Fsp3) is 0.727. The summed E-state index contributed by atoms with van der Waals surface area (Å²) in [6, 6.07) is 0. The van der Waals surface area contributed by atoms with Crippen LogP contribution in [0, 0.1) is 11.3 Å². The zero-order valence-electron chi connectivity index (χ0n) is 9.83. The van der Waals surface area contributed by atoms with E-state index in [2.05, 4.69) is 10.1 Å². The van der Waals surface area contributed by atoms with Gasteiger partial charge in [0.25, 0.3) is 0 Å². The van der Waals surface area contributed by atoms with Gasteiger partial charge in [0.15, 0.2) is 0 Å². The number of rotatable bonds is 3. The maximum absolute atomic E-state index is 11.7. The summed E-state index contributed by atoms with van der Waals surface area (Å²) in [5.74, 6) is -2.26. The summed E-state index contributed by atoms with van der Waals surface area (Å²) >= 11 is 0. The molecule has 0 aromatic heterocycles. The predicted octanol–water partition coefficient (Wildman–Crippen LogP) is 0.628. The van der Waals surface area contributed by atoms with Crippen LogP contribution >= 0.6 is 0 Å². The van der Waals surface area contributed by atoms with Crippen molar-refractivity contribution in [2.24, 2.45) is 11.3 Å². The fourth-order valence-electron chi connectivity index (χ4n) is 1.26. The first-order chi connectivity index (χ1) is 7.38. The van der Waals surface area contributed by atoms with E-state index < -0.39 is 23.2 Å². The smallest absolute Gasteiger partial charge is 0.318 e. The minimum atomic E-state index is -0.823. The van der Waals surface area contributed by atoms with Crippen LogP contribution in [0.4, 0.5) is 0 Å². The van der Waals surface area contributed by atoms with Crippen molar-refractivity contribution in [3.63, 3.8) is 0 Å². The number of carbonyl (C=O) groups excluding carboxylic acids is 3. The third-order valence-electron chi connectivity index (χ3n) is 2.99. The number of imide groups is 1. The second kappa shape index (κ2) is 4.63. The fourth-order valence-corrected chi connectivity index (χ4v) is 1.26. The van der Waals surface area contributed by atoms with E-state index in [4.69, 9.17) is 0 Å². The molecule has 1 aliphatic rings. The van der Waals surface area contributed by atoms with Gasteiger partial charge in [-0.2, -0.15) is 0 Å². The summed E-state index contributed by atoms with van der Waals surface area (Å²) in [6.45, 7) is 5.63. The Balaban J connectivity index is 2.58. The maximum atomic E-state index is 11.7. The summed E-state index contributed by atoms with van der Waals surface area (Å²) < 4.78 is 4.67. The van der Waals surface area contributed by atoms with Crippen LogP contribution in [0.25, 0.3) is 0 Å². The van der Waals surface area contributed by atoms with Gasteiger partial charge in [-0.1, -0.05) is 20.8 Å². The van der Waals surface area contributed by atoms with E-state index in [1.807, 2.05) is 6.92 Å². The molecule has 1 rings (SSSR count). The van der Waals surface area contributed by atoms with E-state index in [0.717, 1.165) is 0 Å². The highest BCUT2D eigenvalue weighted by molar-refractivity contribution is 6.06. The lowest BCUT2D eigenvalue weighted by Crippen LogP contribution is -2.43. The molecule has 5 nitrogen and oxygen atoms in total. The summed E-state index contributed by atoms with van der Waals surface area (Å²) in [4.78, 5) is 34.4. The molecule has 1 saturated heterocycles. The molecule has 1 heterocycles. The van der Waals surface area contributed by atoms with Gasteiger partial charge in [0.2, 0.25) is 11.8 Å². The molecule has 16 heavy (non-hydrogen) atoms. The normalized spacial score (nSPS) is 20.4. The van der Waals surface area contributed by atoms with Gasteiger partial charge < -0.3 is 4.74 Å². The van der Waals surface area contributed by atoms with Crippen LogP contribution < -0.4 is 5.32 Å². The Kier molecular flexibility index (Phi) is 3.67. The average Bonchev–Trinajstić information content (AvgIpc) is 2.64. The Bertz CT molecular complexity index is 322. The quantitative estimate of drug-likeness (QED) is 0.567. The second-order valence-corrected chi connectivity index (χ2v) is 4.56. The average molecular weight is 227 g/mol. The van der Waals surface area contributed by atoms with Gasteiger partial charge in [0.1, 0.15) is 5.92 Å². The molecule has 90 valence electrons. The van der Waals surface area contributed by atoms with Crippen molar-refractivity contribution in [1.82, 2.24) is 5.32 Å². The molecular formula is C11H17NO4. The van der Waals surface area contributed by atoms with E-state index >= 15 is 0 Å². The van der Waals surface area contributed by atoms with Gasteiger partial charge in [0.05, 0.1) is 6.61 Å². The van der Waals surface area contributed by atoms with Crippen LogP contribution in [0.1, 0.15) is 33.6 Å². The lowest BCUT2D eigenvalue weighted by Gasteiger charge is -2.21. The molecule has 1 fully saturated rings. The molecule has 1 atom stereocenters. The lowest BCUT2D eigenvalue weighted by molar-refractivity contribution is -0.146. The van der Waals surface area contributed by atoms with Crippen molar-refractivity contribution in [2.75, 3.05) is 6.61 Å². The lowest BCUT2D eigenvalue weighted by atomic mass is 9.89. The Morgan fingerprint density at radius 1 is 1.50 bits per heavy atom. The Morgan fingerprint density at radius 3 is 2.56 bits per heavy atom. The van der Waals surface area contributed by atoms with Crippen LogP contribution in [-0.4, -0.2) is 24.4 Å². The number of amides is 2. The number of hydrogen-bond acceptors (Lipinski definition) is 4. The van der Waals surface area contributed by atoms with Crippen LogP contribution in [0.2, 0.25) is 0 Å². The van der Waals surface area contributed by atoms with Gasteiger partial charge in [-0.3, -0.25) is 19.7 Å². The van der Waals surface area contributed by atoms with Crippen molar-refractivity contribution in [1.29, 1.82) is 0 Å². The standard InChI is InChI=1S/C11H17NO4/c1-4-11(2,3)10(15)12-8(13)7-5-6-16-9(7)14/h7H,4-6H2,1-3H3,(H,12,13,15). The van der Waals surface area contributed by atoms with Crippen molar-refractivity contribution in [3.05, 3.63) is 0 Å². The first-order valence-electron chi connectivity index (χ1n) is 5.40. The number of hydrogen-bond donors (Lipinski definition) is 1. The Hall–Kier alpha value is -1.39. The third kappa shape index (κ3) is 2.59. The van der Waals surface area contributed by atoms with Crippen LogP contribution in [0.5, 0.6) is 0 Å². The Labute approximate surface area is 94.5 Å². The molecule has 0 aliphatic carbocycles. The first kappa shape index (κ1) is 12.7. The van der Waals surface area contributed by atoms with Crippen molar-refractivity contribution in [2.45, 2.75) is 33.6 Å². The summed E-state index contributed by atoms with van der Waals surface area (Å²) in [6.07, 6.45) is 0.978. The third-order valence-corrected chi connectivity index (χ3v) is 2.99. The highest BCUT2D eigenvalue weighted by Gasteiger charge is 2.36. The second-order valence-electron chi connectivity index (χ2n) is 4.56. The Morgan fingerprint density at radius 2 is 2.12 bits per heavy atom. The molecule has 0 spiro atoms. The highest BCUT2D eigenvalue weighted by atomic mass is 16.5. The SMILES string of the molecule is CCC(C)(C)C(=O)NC(=O)C1CCOC1=O. The zero-order valence-corrected chi connectivity index (χ0v) is 9.83. The molecule has 0 saturated carbocycles. The molecule has 0 aromatic carbocycles. The van der Waals surface area contributed by atoms with E-state index in [9.17, 15) is 14.4 Å². The molecule has 2 amide bonds. The van der Waals surface area contributed by atoms with E-state index in [-0.39, 0.29) is 12.5 Å². The maximum Gasteiger partial charge on any atom is 0.318 e. The van der Waals surface area contributed by atoms with Crippen LogP contribution in [-0.2, 0) is 19.1 Å². The minimum absolute atomic E-state index is 0.252. The molecule has 0 radical (unpaired) electrons. The van der Waals surface area contributed by atoms with Gasteiger partial charge in [-0.05, 0) is 6.42 Å². The van der Waals surface area contributed by atoms with Crippen LogP contribution in [0.15, 0.2) is 0 Å². The molecule has 1 aliphatic heterocycles. The largest absolute Gasteiger partial charge is 0.465 e. The molecule has 1 N–H and O–H groups in total. The van der Waals surface area contributed by atoms with Gasteiger partial charge in [-0.25, -0.2) is 0 Å². The minimum Gasteiger partial charge on any atom is -0.465 e. The topological polar surface area (TPSA) is 72.5 Å². The van der Waals surface area contributed by atoms with Crippen molar-refractivity contribution < 1.29 is 19.1 Å². The molecule has 5 heteroatoms. The highest BCUT2D eigenvalue weighted by Crippen LogP contribution is 2.20. The van der Waals surface area contributed by atoms with E-state index in [0.29, 0.717) is 12.8 Å². The zero-order chi connectivity index (χ0) is 12.3. The van der Waals surface area contributed by atoms with Gasteiger partial charge in [-0.15, -0.1) is 0 Å². The number of ether oxygens (including phenoxy) is 1. The van der Waals surface area contributed by atoms with Crippen molar-refractivity contribution in [3.8, 4) is 0 Å². The number of nitrogens with one attached hydrogen (secondary N) is 1. The summed E-state index contributed by atoms with van der Waals surface area (Å²) in [5.41, 5.74) is -0.599. The molecule has 0 bridgehead atoms. The van der Waals surface area contributed by atoms with Crippen LogP contribution in [0.3, 0.4) is 0 Å². The summed E-state index contributed by atoms with van der Waals surface area (Å²) in [7, 11) is 0. The monoisotopic (exact) mass is 227 g/mol. The molecule has 0 aromatic rings. The van der Waals surface area contributed by atoms with Gasteiger partial charge in [0, 0.05) is 11.8 Å². The van der Waals surface area contributed by atoms with E-state index in [1.165, 1.54) is 0 Å². The molecular weight excluding hydrogens is 210 g/mol. The predicted molar refractivity (Wildman–Crippen MR) is 56.3 cm³/mol.